The van der Waals surface area contributed by atoms with Crippen LogP contribution >= 0.6 is 0 Å². The van der Waals surface area contributed by atoms with Crippen molar-refractivity contribution in [2.24, 2.45) is 0 Å². The Bertz CT molecular complexity index is 481. The minimum Gasteiger partial charge on any atom is -0.481 e. The molecule has 0 saturated carbocycles. The van der Waals surface area contributed by atoms with Crippen LogP contribution in [0.3, 0.4) is 0 Å². The average molecular weight is 250 g/mol. The van der Waals surface area contributed by atoms with E-state index < -0.39 is 16.3 Å². The molecule has 1 fully saturated rings. The summed E-state index contributed by atoms with van der Waals surface area (Å²) < 4.78 is 0. The monoisotopic (exact) mass is 250 g/mol. The second kappa shape index (κ2) is 4.73. The third-order valence-corrected chi connectivity index (χ3v) is 3.40. The molecule has 1 aliphatic rings. The van der Waals surface area contributed by atoms with Gasteiger partial charge in [-0.15, -0.1) is 0 Å². The first-order valence-electron chi connectivity index (χ1n) is 5.75. The number of carboxylic acid groups (broad SMARTS) is 1. The fourth-order valence-electron chi connectivity index (χ4n) is 2.37. The number of carbonyl (C=O) groups is 1. The summed E-state index contributed by atoms with van der Waals surface area (Å²) in [5, 5.41) is 23.3. The molecule has 2 N–H and O–H groups in total. The van der Waals surface area contributed by atoms with Crippen LogP contribution in [0.1, 0.15) is 18.4 Å². The first-order valence-corrected chi connectivity index (χ1v) is 5.75. The predicted octanol–water partition coefficient (Wildman–Crippen LogP) is 1.30. The highest BCUT2D eigenvalue weighted by Gasteiger charge is 2.42. The summed E-state index contributed by atoms with van der Waals surface area (Å²) in [6.45, 7) is 1.09. The molecule has 1 heterocycles. The molecular formula is C12H14N2O4. The Morgan fingerprint density at radius 2 is 2.28 bits per heavy atom. The molecule has 0 amide bonds. The Balaban J connectivity index is 2.45. The summed E-state index contributed by atoms with van der Waals surface area (Å²) in [6.07, 6.45) is 1.24. The first-order chi connectivity index (χ1) is 8.56. The zero-order valence-corrected chi connectivity index (χ0v) is 9.76. The molecule has 18 heavy (non-hydrogen) atoms. The van der Waals surface area contributed by atoms with Crippen LogP contribution in [0.2, 0.25) is 0 Å². The van der Waals surface area contributed by atoms with Gasteiger partial charge >= 0.3 is 5.97 Å². The number of rotatable bonds is 3. The molecule has 0 radical (unpaired) electrons. The Labute approximate surface area is 104 Å². The van der Waals surface area contributed by atoms with Crippen molar-refractivity contribution in [3.63, 3.8) is 0 Å². The molecule has 1 aromatic carbocycles. The number of nitro benzene ring substituents is 1. The number of non-ortho nitro benzene ring substituents is 1. The zero-order valence-electron chi connectivity index (χ0n) is 9.76. The van der Waals surface area contributed by atoms with Gasteiger partial charge in [0.25, 0.3) is 5.69 Å². The van der Waals surface area contributed by atoms with Gasteiger partial charge in [-0.3, -0.25) is 14.9 Å². The maximum atomic E-state index is 11.5. The van der Waals surface area contributed by atoms with Crippen molar-refractivity contribution < 1.29 is 14.8 Å². The molecule has 1 saturated heterocycles. The number of carboxylic acids is 1. The Morgan fingerprint density at radius 3 is 2.83 bits per heavy atom. The van der Waals surface area contributed by atoms with Gasteiger partial charge in [-0.1, -0.05) is 12.1 Å². The van der Waals surface area contributed by atoms with E-state index in [1.807, 2.05) is 0 Å². The summed E-state index contributed by atoms with van der Waals surface area (Å²) in [5.41, 5.74) is -0.625. The van der Waals surface area contributed by atoms with Gasteiger partial charge < -0.3 is 10.4 Å². The van der Waals surface area contributed by atoms with Crippen molar-refractivity contribution in [1.82, 2.24) is 5.32 Å². The maximum absolute atomic E-state index is 11.5. The van der Waals surface area contributed by atoms with Crippen molar-refractivity contribution in [2.75, 3.05) is 13.1 Å². The average Bonchev–Trinajstić information content (AvgIpc) is 2.39. The smallest absolute Gasteiger partial charge is 0.315 e. The van der Waals surface area contributed by atoms with E-state index in [9.17, 15) is 20.0 Å². The van der Waals surface area contributed by atoms with Gasteiger partial charge in [0.2, 0.25) is 0 Å². The number of piperidine rings is 1. The van der Waals surface area contributed by atoms with Crippen LogP contribution in [0.5, 0.6) is 0 Å². The van der Waals surface area contributed by atoms with Gasteiger partial charge in [0, 0.05) is 18.7 Å². The molecular weight excluding hydrogens is 236 g/mol. The molecule has 1 aromatic rings. The molecule has 1 aliphatic heterocycles. The minimum absolute atomic E-state index is 0.0706. The first kappa shape index (κ1) is 12.5. The number of hydrogen-bond acceptors (Lipinski definition) is 4. The summed E-state index contributed by atoms with van der Waals surface area (Å²) in [4.78, 5) is 21.8. The lowest BCUT2D eigenvalue weighted by atomic mass is 9.74. The third kappa shape index (κ3) is 2.06. The summed E-state index contributed by atoms with van der Waals surface area (Å²) in [7, 11) is 0. The van der Waals surface area contributed by atoms with Gasteiger partial charge in [-0.25, -0.2) is 0 Å². The fourth-order valence-corrected chi connectivity index (χ4v) is 2.37. The van der Waals surface area contributed by atoms with E-state index in [1.165, 1.54) is 18.2 Å². The van der Waals surface area contributed by atoms with Crippen molar-refractivity contribution >= 4 is 11.7 Å². The van der Waals surface area contributed by atoms with Crippen molar-refractivity contribution in [1.29, 1.82) is 0 Å². The molecule has 6 nitrogen and oxygen atoms in total. The highest BCUT2D eigenvalue weighted by molar-refractivity contribution is 5.82. The van der Waals surface area contributed by atoms with Gasteiger partial charge in [-0.2, -0.15) is 0 Å². The molecule has 1 unspecified atom stereocenters. The van der Waals surface area contributed by atoms with Crippen LogP contribution in [0.4, 0.5) is 5.69 Å². The molecule has 6 heteroatoms. The second-order valence-electron chi connectivity index (χ2n) is 4.48. The van der Waals surface area contributed by atoms with Crippen molar-refractivity contribution in [3.05, 3.63) is 39.9 Å². The van der Waals surface area contributed by atoms with Crippen LogP contribution in [0.25, 0.3) is 0 Å². The lowest BCUT2D eigenvalue weighted by molar-refractivity contribution is -0.385. The largest absolute Gasteiger partial charge is 0.481 e. The van der Waals surface area contributed by atoms with Gasteiger partial charge in [0.1, 0.15) is 5.41 Å². The fraction of sp³-hybridized carbons (Fsp3) is 0.417. The number of nitro groups is 1. The summed E-state index contributed by atoms with van der Waals surface area (Å²) in [6, 6.07) is 5.91. The van der Waals surface area contributed by atoms with E-state index in [0.717, 1.165) is 13.0 Å². The molecule has 96 valence electrons. The van der Waals surface area contributed by atoms with Gasteiger partial charge in [0.05, 0.1) is 4.92 Å². The summed E-state index contributed by atoms with van der Waals surface area (Å²) in [5.74, 6) is -0.935. The van der Waals surface area contributed by atoms with E-state index >= 15 is 0 Å². The molecule has 0 spiro atoms. The van der Waals surface area contributed by atoms with E-state index in [1.54, 1.807) is 6.07 Å². The highest BCUT2D eigenvalue weighted by atomic mass is 16.6. The molecule has 2 rings (SSSR count). The number of nitrogens with one attached hydrogen (secondary N) is 1. The van der Waals surface area contributed by atoms with Gasteiger partial charge in [0.15, 0.2) is 0 Å². The van der Waals surface area contributed by atoms with Crippen LogP contribution in [0.15, 0.2) is 24.3 Å². The lowest BCUT2D eigenvalue weighted by Gasteiger charge is -2.33. The quantitative estimate of drug-likeness (QED) is 0.623. The van der Waals surface area contributed by atoms with Crippen LogP contribution < -0.4 is 5.32 Å². The number of aliphatic carboxylic acids is 1. The number of benzene rings is 1. The molecule has 0 aromatic heterocycles. The predicted molar refractivity (Wildman–Crippen MR) is 64.5 cm³/mol. The van der Waals surface area contributed by atoms with E-state index in [2.05, 4.69) is 5.32 Å². The SMILES string of the molecule is O=C(O)C1(c2cccc([N+](=O)[O-])c2)CCCNC1. The Morgan fingerprint density at radius 1 is 1.50 bits per heavy atom. The zero-order chi connectivity index (χ0) is 13.2. The Kier molecular flexibility index (Phi) is 3.29. The lowest BCUT2D eigenvalue weighted by Crippen LogP contribution is -2.49. The third-order valence-electron chi connectivity index (χ3n) is 3.40. The normalized spacial score (nSPS) is 23.6. The molecule has 1 atom stereocenters. The summed E-state index contributed by atoms with van der Waals surface area (Å²) >= 11 is 0. The van der Waals surface area contributed by atoms with Crippen LogP contribution in [-0.4, -0.2) is 29.1 Å². The topological polar surface area (TPSA) is 92.5 Å². The van der Waals surface area contributed by atoms with E-state index in [0.29, 0.717) is 18.5 Å². The van der Waals surface area contributed by atoms with Crippen molar-refractivity contribution in [3.8, 4) is 0 Å². The van der Waals surface area contributed by atoms with E-state index in [-0.39, 0.29) is 5.69 Å². The number of nitrogens with zero attached hydrogens (tertiary/aromatic N) is 1. The van der Waals surface area contributed by atoms with Crippen LogP contribution in [0, 0.1) is 10.1 Å². The van der Waals surface area contributed by atoms with Crippen molar-refractivity contribution in [2.45, 2.75) is 18.3 Å². The standard InChI is InChI=1S/C12H14N2O4/c15-11(16)12(5-2-6-13-8-12)9-3-1-4-10(7-9)14(17)18/h1,3-4,7,13H,2,5-6,8H2,(H,15,16). The van der Waals surface area contributed by atoms with E-state index in [4.69, 9.17) is 0 Å². The highest BCUT2D eigenvalue weighted by Crippen LogP contribution is 2.33. The Hall–Kier alpha value is -1.95. The second-order valence-corrected chi connectivity index (χ2v) is 4.48. The molecule has 0 aliphatic carbocycles. The number of hydrogen-bond donors (Lipinski definition) is 2. The minimum atomic E-state index is -1.05. The van der Waals surface area contributed by atoms with Gasteiger partial charge in [-0.05, 0) is 24.9 Å². The maximum Gasteiger partial charge on any atom is 0.315 e. The van der Waals surface area contributed by atoms with Crippen LogP contribution in [-0.2, 0) is 10.2 Å². The molecule has 0 bridgehead atoms.